The summed E-state index contributed by atoms with van der Waals surface area (Å²) in [6.45, 7) is 8.36. The third-order valence-electron chi connectivity index (χ3n) is 3.02. The van der Waals surface area contributed by atoms with Crippen molar-refractivity contribution in [2.75, 3.05) is 13.1 Å². The van der Waals surface area contributed by atoms with E-state index in [-0.39, 0.29) is 0 Å². The largest absolute Gasteiger partial charge is 0.326 e. The lowest BCUT2D eigenvalue weighted by atomic mass is 10.1. The van der Waals surface area contributed by atoms with Gasteiger partial charge < -0.3 is 5.73 Å². The van der Waals surface area contributed by atoms with E-state index >= 15 is 0 Å². The zero-order chi connectivity index (χ0) is 12.7. The molecule has 17 heavy (non-hydrogen) atoms. The topological polar surface area (TPSA) is 29.3 Å². The Morgan fingerprint density at radius 2 is 2.06 bits per heavy atom. The summed E-state index contributed by atoms with van der Waals surface area (Å²) in [5.41, 5.74) is 8.16. The number of rotatable bonds is 7. The summed E-state index contributed by atoms with van der Waals surface area (Å²) < 4.78 is 1.18. The van der Waals surface area contributed by atoms with E-state index in [0.29, 0.717) is 6.54 Å². The first kappa shape index (κ1) is 14.7. The minimum atomic E-state index is 0.603. The minimum absolute atomic E-state index is 0.603. The number of halogens is 1. The molecule has 0 heterocycles. The fourth-order valence-corrected chi connectivity index (χ4v) is 2.37. The van der Waals surface area contributed by atoms with Crippen LogP contribution in [0.15, 0.2) is 22.7 Å². The molecule has 0 spiro atoms. The fraction of sp³-hybridized carbons (Fsp3) is 0.571. The molecular weight excluding hydrogens is 276 g/mol. The van der Waals surface area contributed by atoms with Crippen LogP contribution in [0.4, 0.5) is 0 Å². The van der Waals surface area contributed by atoms with Crippen LogP contribution in [0, 0.1) is 0 Å². The lowest BCUT2D eigenvalue weighted by Gasteiger charge is -2.21. The summed E-state index contributed by atoms with van der Waals surface area (Å²) in [6, 6.07) is 6.43. The van der Waals surface area contributed by atoms with Crippen molar-refractivity contribution in [1.82, 2.24) is 4.90 Å². The van der Waals surface area contributed by atoms with Crippen molar-refractivity contribution in [3.63, 3.8) is 0 Å². The highest BCUT2D eigenvalue weighted by Gasteiger charge is 2.06. The first-order valence-corrected chi connectivity index (χ1v) is 7.20. The first-order valence-electron chi connectivity index (χ1n) is 6.41. The molecule has 0 aliphatic heterocycles. The number of unbranched alkanes of at least 4 members (excludes halogenated alkanes) is 1. The maximum Gasteiger partial charge on any atom is 0.0244 e. The monoisotopic (exact) mass is 298 g/mol. The molecule has 0 atom stereocenters. The van der Waals surface area contributed by atoms with E-state index in [0.717, 1.165) is 13.1 Å². The van der Waals surface area contributed by atoms with Gasteiger partial charge >= 0.3 is 0 Å². The van der Waals surface area contributed by atoms with Gasteiger partial charge in [-0.2, -0.15) is 0 Å². The number of benzene rings is 1. The quantitative estimate of drug-likeness (QED) is 0.834. The molecule has 0 saturated heterocycles. The summed E-state index contributed by atoms with van der Waals surface area (Å²) in [6.07, 6.45) is 2.52. The van der Waals surface area contributed by atoms with Crippen LogP contribution in [-0.2, 0) is 13.1 Å². The van der Waals surface area contributed by atoms with Crippen LogP contribution >= 0.6 is 15.9 Å². The molecule has 1 aromatic carbocycles. The lowest BCUT2D eigenvalue weighted by Crippen LogP contribution is -2.24. The normalized spacial score (nSPS) is 11.1. The van der Waals surface area contributed by atoms with Gasteiger partial charge in [-0.1, -0.05) is 48.3 Å². The Labute approximate surface area is 113 Å². The smallest absolute Gasteiger partial charge is 0.0244 e. The second kappa shape index (κ2) is 7.85. The van der Waals surface area contributed by atoms with Crippen LogP contribution in [0.1, 0.15) is 37.8 Å². The Morgan fingerprint density at radius 1 is 1.29 bits per heavy atom. The fourth-order valence-electron chi connectivity index (χ4n) is 1.82. The summed E-state index contributed by atoms with van der Waals surface area (Å²) in [5, 5.41) is 0. The maximum absolute atomic E-state index is 5.63. The molecule has 0 aliphatic rings. The zero-order valence-electron chi connectivity index (χ0n) is 10.9. The van der Waals surface area contributed by atoms with Crippen molar-refractivity contribution in [1.29, 1.82) is 0 Å². The highest BCUT2D eigenvalue weighted by atomic mass is 79.9. The summed E-state index contributed by atoms with van der Waals surface area (Å²) in [7, 11) is 0. The van der Waals surface area contributed by atoms with Crippen LogP contribution in [0.2, 0.25) is 0 Å². The lowest BCUT2D eigenvalue weighted by molar-refractivity contribution is 0.275. The van der Waals surface area contributed by atoms with Gasteiger partial charge in [-0.15, -0.1) is 0 Å². The molecule has 2 N–H and O–H groups in total. The van der Waals surface area contributed by atoms with Gasteiger partial charge in [0.2, 0.25) is 0 Å². The average Bonchev–Trinajstić information content (AvgIpc) is 2.36. The SMILES string of the molecule is CCCCN(CC)Cc1ccc(CN)cc1Br. The van der Waals surface area contributed by atoms with E-state index < -0.39 is 0 Å². The van der Waals surface area contributed by atoms with Gasteiger partial charge in [-0.3, -0.25) is 4.90 Å². The molecule has 1 aromatic rings. The number of hydrogen-bond acceptors (Lipinski definition) is 2. The van der Waals surface area contributed by atoms with Crippen LogP contribution in [0.5, 0.6) is 0 Å². The molecule has 0 aliphatic carbocycles. The number of nitrogens with zero attached hydrogens (tertiary/aromatic N) is 1. The second-order valence-electron chi connectivity index (χ2n) is 4.35. The molecule has 0 aromatic heterocycles. The minimum Gasteiger partial charge on any atom is -0.326 e. The summed E-state index contributed by atoms with van der Waals surface area (Å²) >= 11 is 3.63. The van der Waals surface area contributed by atoms with Crippen molar-refractivity contribution in [3.8, 4) is 0 Å². The number of hydrogen-bond donors (Lipinski definition) is 1. The molecule has 0 unspecified atom stereocenters. The molecule has 0 saturated carbocycles. The van der Waals surface area contributed by atoms with Gasteiger partial charge in [0, 0.05) is 17.6 Å². The van der Waals surface area contributed by atoms with Gasteiger partial charge in [-0.25, -0.2) is 0 Å². The van der Waals surface area contributed by atoms with Crippen molar-refractivity contribution in [2.45, 2.75) is 39.8 Å². The molecule has 3 heteroatoms. The van der Waals surface area contributed by atoms with E-state index in [1.807, 2.05) is 0 Å². The molecular formula is C14H23BrN2. The first-order chi connectivity index (χ1) is 8.21. The molecule has 2 nitrogen and oxygen atoms in total. The predicted molar refractivity (Wildman–Crippen MR) is 77.9 cm³/mol. The van der Waals surface area contributed by atoms with E-state index in [2.05, 4.69) is 52.9 Å². The Morgan fingerprint density at radius 3 is 2.59 bits per heavy atom. The van der Waals surface area contributed by atoms with Crippen LogP contribution in [0.25, 0.3) is 0 Å². The third-order valence-corrected chi connectivity index (χ3v) is 3.76. The van der Waals surface area contributed by atoms with Gasteiger partial charge in [0.15, 0.2) is 0 Å². The Hall–Kier alpha value is -0.380. The van der Waals surface area contributed by atoms with Crippen LogP contribution in [-0.4, -0.2) is 18.0 Å². The predicted octanol–water partition coefficient (Wildman–Crippen LogP) is 3.53. The van der Waals surface area contributed by atoms with Gasteiger partial charge in [0.25, 0.3) is 0 Å². The Kier molecular flexibility index (Phi) is 6.78. The van der Waals surface area contributed by atoms with E-state index in [1.165, 1.54) is 35.0 Å². The number of nitrogens with two attached hydrogens (primary N) is 1. The van der Waals surface area contributed by atoms with E-state index in [4.69, 9.17) is 5.73 Å². The highest BCUT2D eigenvalue weighted by Crippen LogP contribution is 2.20. The zero-order valence-corrected chi connectivity index (χ0v) is 12.5. The summed E-state index contributed by atoms with van der Waals surface area (Å²) in [5.74, 6) is 0. The summed E-state index contributed by atoms with van der Waals surface area (Å²) in [4.78, 5) is 2.48. The van der Waals surface area contributed by atoms with Crippen molar-refractivity contribution in [2.24, 2.45) is 5.73 Å². The highest BCUT2D eigenvalue weighted by molar-refractivity contribution is 9.10. The molecule has 96 valence electrons. The van der Waals surface area contributed by atoms with Crippen LogP contribution < -0.4 is 5.73 Å². The average molecular weight is 299 g/mol. The van der Waals surface area contributed by atoms with E-state index in [9.17, 15) is 0 Å². The van der Waals surface area contributed by atoms with Gasteiger partial charge in [0.05, 0.1) is 0 Å². The molecule has 0 bridgehead atoms. The van der Waals surface area contributed by atoms with Gasteiger partial charge in [-0.05, 0) is 36.7 Å². The molecule has 0 radical (unpaired) electrons. The van der Waals surface area contributed by atoms with Crippen molar-refractivity contribution < 1.29 is 0 Å². The third kappa shape index (κ3) is 4.78. The second-order valence-corrected chi connectivity index (χ2v) is 5.21. The molecule has 0 fully saturated rings. The standard InChI is InChI=1S/C14H23BrN2/c1-3-5-8-17(4-2)11-13-7-6-12(10-16)9-14(13)15/h6-7,9H,3-5,8,10-11,16H2,1-2H3. The maximum atomic E-state index is 5.63. The molecule has 0 amide bonds. The Balaban J connectivity index is 2.65. The van der Waals surface area contributed by atoms with Crippen molar-refractivity contribution in [3.05, 3.63) is 33.8 Å². The van der Waals surface area contributed by atoms with E-state index in [1.54, 1.807) is 0 Å². The van der Waals surface area contributed by atoms with Gasteiger partial charge in [0.1, 0.15) is 0 Å². The molecule has 1 rings (SSSR count). The van der Waals surface area contributed by atoms with Crippen molar-refractivity contribution >= 4 is 15.9 Å². The van der Waals surface area contributed by atoms with Crippen LogP contribution in [0.3, 0.4) is 0 Å². The Bertz CT molecular complexity index is 339.